The van der Waals surface area contributed by atoms with Gasteiger partial charge in [0, 0.05) is 13.1 Å². The summed E-state index contributed by atoms with van der Waals surface area (Å²) in [6.45, 7) is 3.43. The molecule has 1 fully saturated rings. The molecule has 1 aliphatic heterocycles. The number of benzene rings is 1. The molecule has 1 amide bonds. The summed E-state index contributed by atoms with van der Waals surface area (Å²) < 4.78 is 5.12. The molecule has 2 atom stereocenters. The lowest BCUT2D eigenvalue weighted by atomic mass is 9.81. The van der Waals surface area contributed by atoms with Gasteiger partial charge in [0.05, 0.1) is 0 Å². The van der Waals surface area contributed by atoms with Gasteiger partial charge in [0.25, 0.3) is 5.91 Å². The minimum absolute atomic E-state index is 0.0905. The summed E-state index contributed by atoms with van der Waals surface area (Å²) in [5.74, 6) is -0.750. The summed E-state index contributed by atoms with van der Waals surface area (Å²) >= 11 is 0. The van der Waals surface area contributed by atoms with E-state index in [2.05, 4.69) is 19.1 Å². The van der Waals surface area contributed by atoms with Crippen molar-refractivity contribution in [3.8, 4) is 0 Å². The fraction of sp³-hybridized carbons (Fsp3) is 0.333. The average molecular weight is 313 g/mol. The van der Waals surface area contributed by atoms with Gasteiger partial charge in [-0.1, -0.05) is 37.3 Å². The Morgan fingerprint density at radius 3 is 2.43 bits per heavy atom. The predicted octanol–water partition coefficient (Wildman–Crippen LogP) is 3.24. The molecule has 2 aromatic rings. The molecule has 0 aliphatic carbocycles. The van der Waals surface area contributed by atoms with Crippen LogP contribution in [0.4, 0.5) is 0 Å². The zero-order chi connectivity index (χ0) is 16.4. The summed E-state index contributed by atoms with van der Waals surface area (Å²) in [7, 11) is 0. The number of hydrogen-bond donors (Lipinski definition) is 1. The molecule has 0 saturated carbocycles. The number of aromatic carboxylic acids is 1. The molecule has 23 heavy (non-hydrogen) atoms. The van der Waals surface area contributed by atoms with Gasteiger partial charge in [-0.05, 0) is 36.0 Å². The van der Waals surface area contributed by atoms with Gasteiger partial charge < -0.3 is 14.4 Å². The minimum atomic E-state index is -1.17. The molecule has 120 valence electrons. The molecule has 2 heterocycles. The number of carbonyl (C=O) groups is 2. The number of hydrogen-bond acceptors (Lipinski definition) is 3. The average Bonchev–Trinajstić information content (AvgIpc) is 3.05. The number of furan rings is 1. The number of likely N-dealkylation sites (tertiary alicyclic amines) is 1. The number of carboxylic acids is 1. The van der Waals surface area contributed by atoms with Crippen LogP contribution in [0, 0.1) is 5.92 Å². The van der Waals surface area contributed by atoms with E-state index in [1.807, 2.05) is 18.2 Å². The van der Waals surface area contributed by atoms with Gasteiger partial charge in [-0.3, -0.25) is 4.79 Å². The third-order valence-corrected chi connectivity index (χ3v) is 4.45. The van der Waals surface area contributed by atoms with E-state index in [1.54, 1.807) is 4.90 Å². The second kappa shape index (κ2) is 6.28. The van der Waals surface area contributed by atoms with Crippen molar-refractivity contribution < 1.29 is 19.1 Å². The SMILES string of the molecule is C[C@H]1CN(C(=O)c2ccc(C(=O)O)o2)CC[C@@H]1c1ccccc1. The molecular formula is C18H19NO4. The van der Waals surface area contributed by atoms with Crippen LogP contribution in [0.1, 0.15) is 45.9 Å². The van der Waals surface area contributed by atoms with Crippen LogP contribution >= 0.6 is 0 Å². The van der Waals surface area contributed by atoms with Gasteiger partial charge in [0.2, 0.25) is 5.76 Å². The van der Waals surface area contributed by atoms with E-state index >= 15 is 0 Å². The zero-order valence-electron chi connectivity index (χ0n) is 12.9. The maximum absolute atomic E-state index is 12.5. The number of carboxylic acid groups (broad SMARTS) is 1. The van der Waals surface area contributed by atoms with Gasteiger partial charge >= 0.3 is 5.97 Å². The second-order valence-corrected chi connectivity index (χ2v) is 6.00. The summed E-state index contributed by atoms with van der Waals surface area (Å²) in [4.78, 5) is 25.1. The maximum atomic E-state index is 12.5. The first-order chi connectivity index (χ1) is 11.1. The molecular weight excluding hydrogens is 294 g/mol. The van der Waals surface area contributed by atoms with Gasteiger partial charge in [0.15, 0.2) is 5.76 Å². The van der Waals surface area contributed by atoms with E-state index in [1.165, 1.54) is 17.7 Å². The Morgan fingerprint density at radius 2 is 1.83 bits per heavy atom. The number of piperidine rings is 1. The molecule has 0 radical (unpaired) electrons. The summed E-state index contributed by atoms with van der Waals surface area (Å²) in [6.07, 6.45) is 0.892. The number of nitrogens with zero attached hydrogens (tertiary/aromatic N) is 1. The number of rotatable bonds is 3. The molecule has 1 aliphatic rings. The lowest BCUT2D eigenvalue weighted by Gasteiger charge is -2.36. The van der Waals surface area contributed by atoms with Crippen LogP contribution < -0.4 is 0 Å². The topological polar surface area (TPSA) is 70.8 Å². The van der Waals surface area contributed by atoms with Crippen LogP contribution in [0.5, 0.6) is 0 Å². The van der Waals surface area contributed by atoms with E-state index in [4.69, 9.17) is 9.52 Å². The Kier molecular flexibility index (Phi) is 4.19. The van der Waals surface area contributed by atoms with Gasteiger partial charge in [-0.25, -0.2) is 4.79 Å². The standard InChI is InChI=1S/C18H19NO4/c1-12-11-19(10-9-14(12)13-5-3-2-4-6-13)17(20)15-7-8-16(23-15)18(21)22/h2-8,12,14H,9-11H2,1H3,(H,21,22)/t12-,14-/m0/s1. The highest BCUT2D eigenvalue weighted by molar-refractivity contribution is 5.93. The Labute approximate surface area is 134 Å². The second-order valence-electron chi connectivity index (χ2n) is 6.00. The van der Waals surface area contributed by atoms with Crippen LogP contribution in [0.2, 0.25) is 0 Å². The molecule has 1 aromatic heterocycles. The molecule has 0 spiro atoms. The Morgan fingerprint density at radius 1 is 1.13 bits per heavy atom. The fourth-order valence-electron chi connectivity index (χ4n) is 3.25. The van der Waals surface area contributed by atoms with E-state index in [-0.39, 0.29) is 17.4 Å². The van der Waals surface area contributed by atoms with Gasteiger partial charge in [0.1, 0.15) is 0 Å². The van der Waals surface area contributed by atoms with Crippen LogP contribution in [-0.2, 0) is 0 Å². The van der Waals surface area contributed by atoms with Crippen molar-refractivity contribution in [3.05, 3.63) is 59.5 Å². The van der Waals surface area contributed by atoms with Crippen molar-refractivity contribution in [2.75, 3.05) is 13.1 Å². The van der Waals surface area contributed by atoms with Crippen molar-refractivity contribution in [3.63, 3.8) is 0 Å². The van der Waals surface area contributed by atoms with Crippen molar-refractivity contribution >= 4 is 11.9 Å². The van der Waals surface area contributed by atoms with E-state index in [0.717, 1.165) is 6.42 Å². The summed E-state index contributed by atoms with van der Waals surface area (Å²) in [5.41, 5.74) is 1.30. The van der Waals surface area contributed by atoms with Crippen molar-refractivity contribution in [1.82, 2.24) is 4.90 Å². The van der Waals surface area contributed by atoms with Gasteiger partial charge in [-0.15, -0.1) is 0 Å². The first kappa shape index (κ1) is 15.3. The molecule has 0 bridgehead atoms. The quantitative estimate of drug-likeness (QED) is 0.944. The Bertz CT molecular complexity index is 707. The largest absolute Gasteiger partial charge is 0.475 e. The maximum Gasteiger partial charge on any atom is 0.371 e. The summed E-state index contributed by atoms with van der Waals surface area (Å²) in [5, 5.41) is 8.87. The normalized spacial score (nSPS) is 21.2. The third-order valence-electron chi connectivity index (χ3n) is 4.45. The van der Waals surface area contributed by atoms with Crippen LogP contribution in [0.25, 0.3) is 0 Å². The molecule has 1 N–H and O–H groups in total. The molecule has 5 heteroatoms. The molecule has 5 nitrogen and oxygen atoms in total. The van der Waals surface area contributed by atoms with Crippen LogP contribution in [0.15, 0.2) is 46.9 Å². The third kappa shape index (κ3) is 3.13. The Hall–Kier alpha value is -2.56. The number of carbonyl (C=O) groups excluding carboxylic acids is 1. The molecule has 1 aromatic carbocycles. The van der Waals surface area contributed by atoms with Crippen LogP contribution in [0.3, 0.4) is 0 Å². The van der Waals surface area contributed by atoms with Crippen molar-refractivity contribution in [1.29, 1.82) is 0 Å². The minimum Gasteiger partial charge on any atom is -0.475 e. The fourth-order valence-corrected chi connectivity index (χ4v) is 3.25. The predicted molar refractivity (Wildman–Crippen MR) is 84.5 cm³/mol. The van der Waals surface area contributed by atoms with Crippen molar-refractivity contribution in [2.45, 2.75) is 19.3 Å². The molecule has 3 rings (SSSR count). The van der Waals surface area contributed by atoms with E-state index in [9.17, 15) is 9.59 Å². The molecule has 1 saturated heterocycles. The monoisotopic (exact) mass is 313 g/mol. The first-order valence-corrected chi connectivity index (χ1v) is 7.73. The number of amides is 1. The first-order valence-electron chi connectivity index (χ1n) is 7.73. The highest BCUT2D eigenvalue weighted by Crippen LogP contribution is 2.33. The van der Waals surface area contributed by atoms with Crippen LogP contribution in [-0.4, -0.2) is 35.0 Å². The lowest BCUT2D eigenvalue weighted by Crippen LogP contribution is -2.42. The zero-order valence-corrected chi connectivity index (χ0v) is 12.9. The van der Waals surface area contributed by atoms with Crippen molar-refractivity contribution in [2.24, 2.45) is 5.92 Å². The lowest BCUT2D eigenvalue weighted by molar-refractivity contribution is 0.0610. The Balaban J connectivity index is 1.69. The highest BCUT2D eigenvalue weighted by atomic mass is 16.4. The van der Waals surface area contributed by atoms with Gasteiger partial charge in [-0.2, -0.15) is 0 Å². The van der Waals surface area contributed by atoms with E-state index < -0.39 is 5.97 Å². The smallest absolute Gasteiger partial charge is 0.371 e. The highest BCUT2D eigenvalue weighted by Gasteiger charge is 2.31. The van der Waals surface area contributed by atoms with E-state index in [0.29, 0.717) is 24.9 Å². The molecule has 0 unspecified atom stereocenters. The summed E-state index contributed by atoms with van der Waals surface area (Å²) in [6, 6.07) is 13.1.